The van der Waals surface area contributed by atoms with Gasteiger partial charge in [0.2, 0.25) is 29.5 Å². The van der Waals surface area contributed by atoms with Crippen LogP contribution in [0, 0.1) is 0 Å². The fraction of sp³-hybridized carbons (Fsp3) is 0.421. The second-order valence-electron chi connectivity index (χ2n) is 13.6. The Kier molecular flexibility index (Phi) is 15.5. The van der Waals surface area contributed by atoms with E-state index in [1.807, 2.05) is 54.8 Å². The van der Waals surface area contributed by atoms with E-state index in [0.717, 1.165) is 34.0 Å². The average Bonchev–Trinajstić information content (AvgIpc) is 3.84. The zero-order valence-corrected chi connectivity index (χ0v) is 33.3. The Morgan fingerprint density at radius 2 is 1.59 bits per heavy atom. The summed E-state index contributed by atoms with van der Waals surface area (Å²) < 4.78 is 5.58. The second-order valence-corrected chi connectivity index (χ2v) is 15.7. The minimum atomic E-state index is -1.68. The van der Waals surface area contributed by atoms with Gasteiger partial charge >= 0.3 is 12.1 Å². The molecule has 5 rings (SSSR count). The van der Waals surface area contributed by atoms with E-state index in [-0.39, 0.29) is 36.9 Å². The van der Waals surface area contributed by atoms with Crippen molar-refractivity contribution in [2.24, 2.45) is 0 Å². The molecule has 9 N–H and O–H groups in total. The maximum atomic E-state index is 13.8. The number of imidazole rings is 1. The van der Waals surface area contributed by atoms with Gasteiger partial charge in [0, 0.05) is 35.7 Å². The Morgan fingerprint density at radius 3 is 2.21 bits per heavy atom. The van der Waals surface area contributed by atoms with Crippen molar-refractivity contribution in [2.75, 3.05) is 36.7 Å². The molecule has 58 heavy (non-hydrogen) atoms. The summed E-state index contributed by atoms with van der Waals surface area (Å²) in [6, 6.07) is 7.69. The lowest BCUT2D eigenvalue weighted by Crippen LogP contribution is -2.59. The number of aliphatic hydroxyl groups is 1. The Bertz CT molecular complexity index is 1920. The molecule has 0 spiro atoms. The van der Waals surface area contributed by atoms with E-state index in [2.05, 4.69) is 41.9 Å². The van der Waals surface area contributed by atoms with E-state index in [1.165, 1.54) is 31.2 Å². The summed E-state index contributed by atoms with van der Waals surface area (Å²) in [4.78, 5) is 99.4. The Balaban J connectivity index is 1.30. The monoisotopic (exact) mass is 838 g/mol. The third-order valence-corrected chi connectivity index (χ3v) is 11.3. The van der Waals surface area contributed by atoms with E-state index < -0.39 is 84.5 Å². The molecular formula is C38H46N8O10S2. The lowest BCUT2D eigenvalue weighted by Gasteiger charge is -2.25. The van der Waals surface area contributed by atoms with Crippen molar-refractivity contribution in [3.8, 4) is 11.1 Å². The van der Waals surface area contributed by atoms with Crippen LogP contribution in [0.4, 0.5) is 4.79 Å². The number of nitrogens with zero attached hydrogens (tertiary/aromatic N) is 1. The van der Waals surface area contributed by atoms with Crippen LogP contribution >= 0.6 is 23.5 Å². The van der Waals surface area contributed by atoms with E-state index in [4.69, 9.17) is 4.74 Å². The number of H-pyrrole nitrogens is 1. The van der Waals surface area contributed by atoms with Gasteiger partial charge in [0.15, 0.2) is 0 Å². The first-order valence-electron chi connectivity index (χ1n) is 18.4. The number of carbonyl (C=O) groups excluding carboxylic acids is 6. The number of ether oxygens (including phenoxy) is 1. The summed E-state index contributed by atoms with van der Waals surface area (Å²) in [5, 5.41) is 34.1. The molecular weight excluding hydrogens is 793 g/mol. The smallest absolute Gasteiger partial charge is 0.407 e. The van der Waals surface area contributed by atoms with E-state index in [1.54, 1.807) is 0 Å². The number of thioether (sulfide) groups is 2. The number of aromatic nitrogens is 2. The van der Waals surface area contributed by atoms with Gasteiger partial charge in [0.1, 0.15) is 42.9 Å². The number of alkyl carbamates (subject to hydrolysis) is 1. The molecule has 0 bridgehead atoms. The van der Waals surface area contributed by atoms with Crippen molar-refractivity contribution >= 4 is 65.1 Å². The van der Waals surface area contributed by atoms with Crippen molar-refractivity contribution in [1.82, 2.24) is 41.9 Å². The van der Waals surface area contributed by atoms with Gasteiger partial charge in [-0.15, -0.1) is 0 Å². The van der Waals surface area contributed by atoms with Gasteiger partial charge in [-0.2, -0.15) is 23.5 Å². The molecule has 3 unspecified atom stereocenters. The molecule has 2 aromatic carbocycles. The molecule has 6 atom stereocenters. The first kappa shape index (κ1) is 43.5. The van der Waals surface area contributed by atoms with Crippen LogP contribution < -0.4 is 31.9 Å². The summed E-state index contributed by atoms with van der Waals surface area (Å²) in [6.07, 6.45) is 3.87. The zero-order chi connectivity index (χ0) is 41.8. The molecule has 1 saturated heterocycles. The van der Waals surface area contributed by atoms with Crippen LogP contribution in [0.3, 0.4) is 0 Å². The van der Waals surface area contributed by atoms with Gasteiger partial charge in [-0.25, -0.2) is 14.6 Å². The number of fused-ring (bicyclic) bond motifs is 3. The van der Waals surface area contributed by atoms with Crippen molar-refractivity contribution in [1.29, 1.82) is 0 Å². The molecule has 6 amide bonds. The number of nitrogens with one attached hydrogen (secondary N) is 7. The predicted octanol–water partition coefficient (Wildman–Crippen LogP) is -0.120. The van der Waals surface area contributed by atoms with Crippen LogP contribution in [0.1, 0.15) is 36.1 Å². The molecule has 3 aromatic rings. The van der Waals surface area contributed by atoms with Crippen LogP contribution in [-0.4, -0.2) is 135 Å². The number of amides is 6. The highest BCUT2D eigenvalue weighted by Crippen LogP contribution is 2.44. The number of hydrogen-bond acceptors (Lipinski definition) is 12. The molecule has 1 fully saturated rings. The number of rotatable bonds is 14. The molecule has 0 saturated carbocycles. The van der Waals surface area contributed by atoms with Gasteiger partial charge in [-0.1, -0.05) is 48.5 Å². The number of benzene rings is 2. The van der Waals surface area contributed by atoms with Crippen LogP contribution in [0.5, 0.6) is 0 Å². The maximum absolute atomic E-state index is 13.8. The molecule has 18 nitrogen and oxygen atoms in total. The number of carboxylic acid groups (broad SMARTS) is 1. The van der Waals surface area contributed by atoms with Crippen LogP contribution in [0.15, 0.2) is 61.1 Å². The predicted molar refractivity (Wildman–Crippen MR) is 215 cm³/mol. The third kappa shape index (κ3) is 11.3. The molecule has 310 valence electrons. The summed E-state index contributed by atoms with van der Waals surface area (Å²) in [5.41, 5.74) is 4.59. The van der Waals surface area contributed by atoms with E-state index >= 15 is 0 Å². The molecule has 1 aliphatic carbocycles. The highest BCUT2D eigenvalue weighted by atomic mass is 32.2. The Labute approximate surface area is 342 Å². The first-order valence-corrected chi connectivity index (χ1v) is 21.0. The van der Waals surface area contributed by atoms with Gasteiger partial charge in [0.05, 0.1) is 12.9 Å². The Hall–Kier alpha value is -5.60. The highest BCUT2D eigenvalue weighted by Gasteiger charge is 2.35. The van der Waals surface area contributed by atoms with Crippen molar-refractivity contribution in [3.05, 3.63) is 77.9 Å². The van der Waals surface area contributed by atoms with Crippen LogP contribution in [-0.2, 0) is 39.9 Å². The lowest BCUT2D eigenvalue weighted by molar-refractivity contribution is -0.143. The molecule has 0 radical (unpaired) electrons. The number of aliphatic carboxylic acids is 1. The van der Waals surface area contributed by atoms with Gasteiger partial charge < -0.3 is 51.8 Å². The van der Waals surface area contributed by atoms with E-state index in [9.17, 15) is 43.8 Å². The van der Waals surface area contributed by atoms with Gasteiger partial charge in [-0.05, 0) is 47.6 Å². The SMILES string of the molecule is CSCCC1NC(=O)C(NC(=O)[C@H](C)NC(=O)OCC2c3ccccc3-c3ccccc32)CSC[C@@H](C(=O)N[C@@H](CO)C(=O)O)NC(=O)C(Cc2cnc[nH]2)NC1=O. The lowest BCUT2D eigenvalue weighted by atomic mass is 9.98. The van der Waals surface area contributed by atoms with Crippen molar-refractivity contribution in [2.45, 2.75) is 61.9 Å². The molecule has 2 aliphatic rings. The van der Waals surface area contributed by atoms with Crippen LogP contribution in [0.25, 0.3) is 11.1 Å². The fourth-order valence-corrected chi connectivity index (χ4v) is 8.00. The molecule has 1 aliphatic heterocycles. The number of aromatic amines is 1. The summed E-state index contributed by atoms with van der Waals surface area (Å²) >= 11 is 2.39. The number of carbonyl (C=O) groups is 7. The number of carboxylic acids is 1. The van der Waals surface area contributed by atoms with Crippen molar-refractivity contribution in [3.63, 3.8) is 0 Å². The average molecular weight is 839 g/mol. The normalized spacial score (nSPS) is 20.8. The summed E-state index contributed by atoms with van der Waals surface area (Å²) in [6.45, 7) is 0.488. The standard InChI is InChI=1S/C38H46N8O10S2/c1-20(41-38(55)56-16-26-24-9-5-3-7-22(24)23-8-4-6-10-25(23)26)32(48)45-30-17-58-18-31(36(52)44-29(15-47)37(53)54)46-34(50)28(13-21-14-39-19-40-21)43-33(49)27(11-12-57-2)42-35(30)51/h3-10,14,19-20,26-31,47H,11-13,15-18H2,1-2H3,(H,39,40)(H,41,55)(H,42,51)(H,43,49)(H,44,52)(H,45,48)(H,46,50)(H,53,54)/t20-,27?,28?,29-,30?,31-/m0/s1. The molecule has 20 heteroatoms. The highest BCUT2D eigenvalue weighted by molar-refractivity contribution is 7.99. The maximum Gasteiger partial charge on any atom is 0.407 e. The summed E-state index contributed by atoms with van der Waals surface area (Å²) in [5.74, 6) is -5.62. The number of aliphatic hydroxyl groups excluding tert-OH is 1. The first-order chi connectivity index (χ1) is 27.9. The second kappa shape index (κ2) is 20.7. The van der Waals surface area contributed by atoms with Crippen molar-refractivity contribution < 1.29 is 48.5 Å². The third-order valence-electron chi connectivity index (χ3n) is 9.56. The zero-order valence-electron chi connectivity index (χ0n) is 31.7. The van der Waals surface area contributed by atoms with Crippen LogP contribution in [0.2, 0.25) is 0 Å². The number of hydrogen-bond donors (Lipinski definition) is 9. The van der Waals surface area contributed by atoms with Gasteiger partial charge in [0.25, 0.3) is 0 Å². The Morgan fingerprint density at radius 1 is 0.931 bits per heavy atom. The quantitative estimate of drug-likeness (QED) is 0.103. The minimum Gasteiger partial charge on any atom is -0.480 e. The molecule has 1 aromatic heterocycles. The minimum absolute atomic E-state index is 0.00884. The topological polar surface area (TPSA) is 270 Å². The largest absolute Gasteiger partial charge is 0.480 e. The fourth-order valence-electron chi connectivity index (χ4n) is 6.45. The molecule has 2 heterocycles. The van der Waals surface area contributed by atoms with Gasteiger partial charge in [-0.3, -0.25) is 24.0 Å². The van der Waals surface area contributed by atoms with E-state index in [0.29, 0.717) is 11.4 Å². The summed E-state index contributed by atoms with van der Waals surface area (Å²) in [7, 11) is 0.